The van der Waals surface area contributed by atoms with Gasteiger partial charge in [0.2, 0.25) is 5.90 Å². The van der Waals surface area contributed by atoms with Crippen LogP contribution in [0.4, 0.5) is 13.2 Å². The second kappa shape index (κ2) is 7.21. The molecule has 0 unspecified atom stereocenters. The number of halogens is 3. The van der Waals surface area contributed by atoms with Gasteiger partial charge in [0.25, 0.3) is 5.89 Å². The first-order valence-electron chi connectivity index (χ1n) is 8.50. The monoisotopic (exact) mass is 422 g/mol. The van der Waals surface area contributed by atoms with Crippen molar-refractivity contribution in [2.45, 2.75) is 25.3 Å². The van der Waals surface area contributed by atoms with E-state index in [4.69, 9.17) is 14.0 Å². The average Bonchev–Trinajstić information content (AvgIpc) is 3.28. The SMILES string of the molecule is C[C@@]1(c2ccc(OC(F)(F)F)cc2)CC(Oc2cncc(-c3n[nH]c(=O)o3)c2)=NO1. The third-order valence-corrected chi connectivity index (χ3v) is 4.17. The number of hydrogen-bond donors (Lipinski definition) is 1. The fourth-order valence-corrected chi connectivity index (χ4v) is 2.80. The smallest absolute Gasteiger partial charge is 0.438 e. The van der Waals surface area contributed by atoms with E-state index in [0.717, 1.165) is 0 Å². The molecular weight excluding hydrogens is 409 g/mol. The summed E-state index contributed by atoms with van der Waals surface area (Å²) in [5.41, 5.74) is 0.0597. The molecule has 30 heavy (non-hydrogen) atoms. The molecule has 1 atom stereocenters. The van der Waals surface area contributed by atoms with Gasteiger partial charge in [0, 0.05) is 6.20 Å². The summed E-state index contributed by atoms with van der Waals surface area (Å²) in [5.74, 6) is -0.451. The van der Waals surface area contributed by atoms with Crippen LogP contribution in [0.3, 0.4) is 0 Å². The van der Waals surface area contributed by atoms with Gasteiger partial charge in [-0.05, 0) is 30.7 Å². The van der Waals surface area contributed by atoms with Crippen molar-refractivity contribution < 1.29 is 31.9 Å². The van der Waals surface area contributed by atoms with Gasteiger partial charge in [-0.2, -0.15) is 0 Å². The van der Waals surface area contributed by atoms with E-state index in [-0.39, 0.29) is 24.0 Å². The number of pyridine rings is 1. The zero-order chi connectivity index (χ0) is 21.4. The van der Waals surface area contributed by atoms with Gasteiger partial charge in [-0.25, -0.2) is 9.89 Å². The maximum absolute atomic E-state index is 12.3. The molecule has 0 amide bonds. The van der Waals surface area contributed by atoms with Gasteiger partial charge in [-0.3, -0.25) is 4.98 Å². The van der Waals surface area contributed by atoms with Crippen LogP contribution < -0.4 is 15.2 Å². The van der Waals surface area contributed by atoms with Crippen LogP contribution >= 0.6 is 0 Å². The van der Waals surface area contributed by atoms with Gasteiger partial charge in [0.15, 0.2) is 5.60 Å². The highest BCUT2D eigenvalue weighted by Gasteiger charge is 2.38. The van der Waals surface area contributed by atoms with E-state index >= 15 is 0 Å². The summed E-state index contributed by atoms with van der Waals surface area (Å²) in [6.45, 7) is 1.72. The maximum atomic E-state index is 12.3. The molecule has 0 saturated heterocycles. The summed E-state index contributed by atoms with van der Waals surface area (Å²) in [6.07, 6.45) is -1.68. The Morgan fingerprint density at radius 3 is 2.60 bits per heavy atom. The molecule has 3 heterocycles. The molecule has 1 aliphatic heterocycles. The number of H-pyrrole nitrogens is 1. The number of nitrogens with one attached hydrogen (secondary N) is 1. The van der Waals surface area contributed by atoms with E-state index in [0.29, 0.717) is 16.9 Å². The Kier molecular flexibility index (Phi) is 4.68. The van der Waals surface area contributed by atoms with Crippen LogP contribution in [0.2, 0.25) is 0 Å². The predicted molar refractivity (Wildman–Crippen MR) is 94.6 cm³/mol. The van der Waals surface area contributed by atoms with E-state index in [1.54, 1.807) is 13.0 Å². The highest BCUT2D eigenvalue weighted by Crippen LogP contribution is 2.36. The normalized spacial score (nSPS) is 18.6. The minimum Gasteiger partial charge on any atom is -0.438 e. The Hall–Kier alpha value is -3.83. The fraction of sp³-hybridized carbons (Fsp3) is 0.222. The molecule has 9 nitrogen and oxygen atoms in total. The number of aromatic nitrogens is 3. The predicted octanol–water partition coefficient (Wildman–Crippen LogP) is 3.35. The first-order valence-corrected chi connectivity index (χ1v) is 8.50. The van der Waals surface area contributed by atoms with Crippen LogP contribution in [0.25, 0.3) is 11.5 Å². The number of benzene rings is 1. The van der Waals surface area contributed by atoms with Crippen molar-refractivity contribution in [2.24, 2.45) is 5.16 Å². The van der Waals surface area contributed by atoms with Gasteiger partial charge >= 0.3 is 12.1 Å². The Labute approximate surface area is 166 Å². The Morgan fingerprint density at radius 1 is 1.17 bits per heavy atom. The van der Waals surface area contributed by atoms with Crippen molar-refractivity contribution in [3.05, 3.63) is 58.8 Å². The zero-order valence-electron chi connectivity index (χ0n) is 15.3. The van der Waals surface area contributed by atoms with Crippen molar-refractivity contribution in [1.29, 1.82) is 0 Å². The van der Waals surface area contributed by atoms with Crippen LogP contribution in [0, 0.1) is 0 Å². The number of aromatic amines is 1. The lowest BCUT2D eigenvalue weighted by Crippen LogP contribution is -2.23. The van der Waals surface area contributed by atoms with E-state index in [9.17, 15) is 18.0 Å². The largest absolute Gasteiger partial charge is 0.573 e. The van der Waals surface area contributed by atoms with E-state index < -0.39 is 17.7 Å². The molecule has 1 aliphatic rings. The van der Waals surface area contributed by atoms with E-state index in [1.807, 2.05) is 0 Å². The molecule has 156 valence electrons. The molecule has 3 aromatic rings. The average molecular weight is 422 g/mol. The molecule has 12 heteroatoms. The molecular formula is C18H13F3N4O5. The van der Waals surface area contributed by atoms with Crippen molar-refractivity contribution in [1.82, 2.24) is 15.2 Å². The zero-order valence-corrected chi connectivity index (χ0v) is 15.3. The fourth-order valence-electron chi connectivity index (χ4n) is 2.80. The van der Waals surface area contributed by atoms with Crippen LogP contribution in [-0.4, -0.2) is 27.4 Å². The van der Waals surface area contributed by atoms with Crippen molar-refractivity contribution in [3.8, 4) is 23.0 Å². The molecule has 1 aromatic carbocycles. The first-order chi connectivity index (χ1) is 14.2. The lowest BCUT2D eigenvalue weighted by atomic mass is 9.93. The lowest BCUT2D eigenvalue weighted by molar-refractivity contribution is -0.274. The lowest BCUT2D eigenvalue weighted by Gasteiger charge is -2.21. The topological polar surface area (TPSA) is 112 Å². The summed E-state index contributed by atoms with van der Waals surface area (Å²) in [7, 11) is 0. The van der Waals surface area contributed by atoms with Gasteiger partial charge in [0.1, 0.15) is 11.5 Å². The van der Waals surface area contributed by atoms with Gasteiger partial charge in [-0.1, -0.05) is 17.3 Å². The number of nitrogens with zero attached hydrogens (tertiary/aromatic N) is 3. The molecule has 0 bridgehead atoms. The highest BCUT2D eigenvalue weighted by molar-refractivity contribution is 5.80. The summed E-state index contributed by atoms with van der Waals surface area (Å²) in [4.78, 5) is 20.6. The first kappa shape index (κ1) is 19.5. The Balaban J connectivity index is 1.44. The van der Waals surface area contributed by atoms with Gasteiger partial charge in [-0.15, -0.1) is 18.3 Å². The van der Waals surface area contributed by atoms with Crippen molar-refractivity contribution in [3.63, 3.8) is 0 Å². The molecule has 4 rings (SSSR count). The number of alkyl halides is 3. The van der Waals surface area contributed by atoms with Crippen LogP contribution in [-0.2, 0) is 10.4 Å². The third-order valence-electron chi connectivity index (χ3n) is 4.17. The summed E-state index contributed by atoms with van der Waals surface area (Å²) < 4.78 is 51.3. The van der Waals surface area contributed by atoms with Gasteiger partial charge in [0.05, 0.1) is 18.2 Å². The second-order valence-corrected chi connectivity index (χ2v) is 6.49. The molecule has 2 aromatic heterocycles. The molecule has 0 radical (unpaired) electrons. The van der Waals surface area contributed by atoms with E-state index in [1.165, 1.54) is 36.7 Å². The van der Waals surface area contributed by atoms with Crippen LogP contribution in [0.5, 0.6) is 11.5 Å². The molecule has 0 fully saturated rings. The minimum atomic E-state index is -4.76. The standard InChI is InChI=1S/C18H13F3N4O5/c1-17(11-2-4-12(5-3-11)29-18(19,20)21)7-14(25-30-17)27-13-6-10(8-22-9-13)15-23-24-16(26)28-15/h2-6,8-9H,7H2,1H3,(H,24,26)/t17-/m0/s1. The molecule has 0 spiro atoms. The molecule has 1 N–H and O–H groups in total. The number of oxime groups is 1. The second-order valence-electron chi connectivity index (χ2n) is 6.49. The summed E-state index contributed by atoms with van der Waals surface area (Å²) in [6, 6.07) is 6.86. The number of hydrogen-bond acceptors (Lipinski definition) is 8. The highest BCUT2D eigenvalue weighted by atomic mass is 19.4. The van der Waals surface area contributed by atoms with Crippen molar-refractivity contribution >= 4 is 5.90 Å². The number of rotatable bonds is 4. The number of ether oxygens (including phenoxy) is 2. The Morgan fingerprint density at radius 2 is 1.93 bits per heavy atom. The molecule has 0 aliphatic carbocycles. The van der Waals surface area contributed by atoms with Crippen molar-refractivity contribution in [2.75, 3.05) is 0 Å². The van der Waals surface area contributed by atoms with E-state index in [2.05, 4.69) is 25.1 Å². The summed E-state index contributed by atoms with van der Waals surface area (Å²) >= 11 is 0. The quantitative estimate of drug-likeness (QED) is 0.686. The van der Waals surface area contributed by atoms with Crippen LogP contribution in [0.15, 0.2) is 57.1 Å². The maximum Gasteiger partial charge on any atom is 0.573 e. The summed E-state index contributed by atoms with van der Waals surface area (Å²) in [5, 5.41) is 9.77. The Bertz CT molecular complexity index is 1140. The minimum absolute atomic E-state index is 0.0496. The van der Waals surface area contributed by atoms with Crippen LogP contribution in [0.1, 0.15) is 18.9 Å². The van der Waals surface area contributed by atoms with Gasteiger partial charge < -0.3 is 18.7 Å². The third kappa shape index (κ3) is 4.26. The molecule has 0 saturated carbocycles.